The molecule has 1 fully saturated rings. The molecule has 1 aliphatic rings. The van der Waals surface area contributed by atoms with Gasteiger partial charge in [-0.05, 0) is 49.2 Å². The van der Waals surface area contributed by atoms with Crippen LogP contribution in [-0.4, -0.2) is 62.7 Å². The van der Waals surface area contributed by atoms with E-state index in [4.69, 9.17) is 4.74 Å². The second-order valence-corrected chi connectivity index (χ2v) is 10.6. The van der Waals surface area contributed by atoms with Gasteiger partial charge in [-0.1, -0.05) is 66.7 Å². The largest absolute Gasteiger partial charge is 0.504 e. The van der Waals surface area contributed by atoms with E-state index >= 15 is 0 Å². The monoisotopic (exact) mass is 512 g/mol. The summed E-state index contributed by atoms with van der Waals surface area (Å²) in [4.78, 5) is 5.06. The summed E-state index contributed by atoms with van der Waals surface area (Å²) in [5.41, 5.74) is 3.71. The predicted octanol–water partition coefficient (Wildman–Crippen LogP) is 2.89. The third-order valence-corrected chi connectivity index (χ3v) is 6.61. The number of phenolic OH excluding ortho intramolecular Hbond substituents is 1. The fourth-order valence-electron chi connectivity index (χ4n) is 4.77. The first kappa shape index (κ1) is 27.6. The van der Waals surface area contributed by atoms with Crippen LogP contribution in [0.4, 0.5) is 0 Å². The third kappa shape index (κ3) is 7.52. The maximum absolute atomic E-state index is 10.3. The van der Waals surface area contributed by atoms with Crippen LogP contribution in [0.3, 0.4) is 0 Å². The summed E-state index contributed by atoms with van der Waals surface area (Å²) in [6, 6.07) is 27.6. The fourth-order valence-corrected chi connectivity index (χ4v) is 4.77. The molecule has 4 rings (SSSR count). The lowest BCUT2D eigenvalue weighted by atomic mass is 9.86. The van der Waals surface area contributed by atoms with Crippen LogP contribution in [0.2, 0.25) is 0 Å². The van der Waals surface area contributed by atoms with E-state index in [2.05, 4.69) is 101 Å². The number of ether oxygens (including phenoxy) is 1. The van der Waals surface area contributed by atoms with E-state index < -0.39 is 10.2 Å². The second kappa shape index (κ2) is 11.9. The van der Waals surface area contributed by atoms with Gasteiger partial charge >= 0.3 is 0 Å². The topological polar surface area (TPSA) is 122 Å². The van der Waals surface area contributed by atoms with Crippen molar-refractivity contribution in [1.82, 2.24) is 9.80 Å². The first-order valence-electron chi connectivity index (χ1n) is 11.7. The molecule has 0 radical (unpaired) electrons. The fraction of sp³-hybridized carbons (Fsp3) is 0.333. The molecule has 0 aromatic heterocycles. The number of hydrogen-bond donors (Lipinski definition) is 3. The average molecular weight is 513 g/mol. The number of rotatable bonds is 6. The summed E-state index contributed by atoms with van der Waals surface area (Å²) in [6.45, 7) is 5.27. The maximum Gasteiger partial charge on any atom is 0.271 e. The van der Waals surface area contributed by atoms with E-state index in [1.165, 1.54) is 11.1 Å². The highest BCUT2D eigenvalue weighted by molar-refractivity contribution is 7.86. The van der Waals surface area contributed by atoms with Crippen molar-refractivity contribution in [3.8, 4) is 11.5 Å². The van der Waals surface area contributed by atoms with Gasteiger partial charge in [-0.3, -0.25) is 9.80 Å². The van der Waals surface area contributed by atoms with Crippen LogP contribution >= 0.6 is 0 Å². The van der Waals surface area contributed by atoms with Gasteiger partial charge < -0.3 is 9.84 Å². The van der Waals surface area contributed by atoms with E-state index in [9.17, 15) is 13.5 Å². The van der Waals surface area contributed by atoms with E-state index in [0.717, 1.165) is 31.6 Å². The average Bonchev–Trinajstić information content (AvgIpc) is 2.82. The Balaban J connectivity index is 0.000000658. The lowest BCUT2D eigenvalue weighted by molar-refractivity contribution is 0.0133. The van der Waals surface area contributed by atoms with Crippen molar-refractivity contribution >= 4 is 10.2 Å². The van der Waals surface area contributed by atoms with Crippen molar-refractivity contribution in [1.29, 1.82) is 0 Å². The molecule has 1 heterocycles. The molecule has 1 saturated heterocycles. The van der Waals surface area contributed by atoms with Gasteiger partial charge in [-0.25, -0.2) is 10.3 Å². The van der Waals surface area contributed by atoms with E-state index in [0.29, 0.717) is 5.75 Å². The minimum absolute atomic E-state index is 0.0545. The van der Waals surface area contributed by atoms with Gasteiger partial charge in [0.2, 0.25) is 0 Å². The molecular weight excluding hydrogens is 476 g/mol. The smallest absolute Gasteiger partial charge is 0.271 e. The van der Waals surface area contributed by atoms with Gasteiger partial charge in [0.05, 0.1) is 13.2 Å². The van der Waals surface area contributed by atoms with Crippen LogP contribution in [0.1, 0.15) is 29.7 Å². The third-order valence-electron chi connectivity index (χ3n) is 6.61. The number of benzene rings is 3. The Kier molecular flexibility index (Phi) is 9.10. The molecule has 0 spiro atoms. The SMILES string of the molecule is COc1ccc(CC2(C)CN(C(c3ccccc3)c3ccccc3)CCN2C)cc1O.NS(N)(=O)=O. The Morgan fingerprint density at radius 3 is 1.97 bits per heavy atom. The van der Waals surface area contributed by atoms with Crippen molar-refractivity contribution in [2.24, 2.45) is 10.3 Å². The molecule has 0 bridgehead atoms. The standard InChI is InChI=1S/C27H32N2O2.H4N2O2S/c1-27(19-21-14-15-25(31-3)24(30)18-21)20-29(17-16-28(27)2)26(22-10-6-4-7-11-22)23-12-8-5-9-13-23;1-5(2,3)4/h4-15,18,26,30H,16-17,19-20H2,1-3H3;(H4,1,2,3,4). The lowest BCUT2D eigenvalue weighted by Gasteiger charge is -2.50. The summed E-state index contributed by atoms with van der Waals surface area (Å²) in [6.07, 6.45) is 0.855. The number of methoxy groups -OCH3 is 1. The van der Waals surface area contributed by atoms with E-state index in [-0.39, 0.29) is 17.3 Å². The number of phenols is 1. The summed E-state index contributed by atoms with van der Waals surface area (Å²) in [5.74, 6) is 0.714. The van der Waals surface area contributed by atoms with Gasteiger partial charge in [0.1, 0.15) is 0 Å². The molecule has 9 heteroatoms. The molecule has 3 aromatic rings. The van der Waals surface area contributed by atoms with Crippen LogP contribution < -0.4 is 15.0 Å². The summed E-state index contributed by atoms with van der Waals surface area (Å²) in [5, 5.41) is 18.5. The normalized spacial score (nSPS) is 18.9. The van der Waals surface area contributed by atoms with Crippen LogP contribution in [0.5, 0.6) is 11.5 Å². The van der Waals surface area contributed by atoms with Crippen LogP contribution in [0.25, 0.3) is 0 Å². The Morgan fingerprint density at radius 1 is 0.972 bits per heavy atom. The molecule has 1 atom stereocenters. The van der Waals surface area contributed by atoms with Gasteiger partial charge in [0.15, 0.2) is 11.5 Å². The Hall–Kier alpha value is -2.95. The van der Waals surface area contributed by atoms with E-state index in [1.54, 1.807) is 7.11 Å². The van der Waals surface area contributed by atoms with Crippen LogP contribution in [-0.2, 0) is 16.6 Å². The predicted molar refractivity (Wildman–Crippen MR) is 143 cm³/mol. The number of hydrogen-bond acceptors (Lipinski definition) is 6. The second-order valence-electron chi connectivity index (χ2n) is 9.38. The quantitative estimate of drug-likeness (QED) is 0.467. The first-order valence-corrected chi connectivity index (χ1v) is 13.3. The Bertz CT molecular complexity index is 1180. The minimum Gasteiger partial charge on any atom is -0.504 e. The lowest BCUT2D eigenvalue weighted by Crippen LogP contribution is -2.60. The first-order chi connectivity index (χ1) is 17.0. The van der Waals surface area contributed by atoms with Gasteiger partial charge in [0, 0.05) is 25.2 Å². The van der Waals surface area contributed by atoms with E-state index in [1.807, 2.05) is 12.1 Å². The van der Waals surface area contributed by atoms with Crippen molar-refractivity contribution in [2.75, 3.05) is 33.8 Å². The van der Waals surface area contributed by atoms with Crippen LogP contribution in [0.15, 0.2) is 78.9 Å². The number of piperazine rings is 1. The highest BCUT2D eigenvalue weighted by Crippen LogP contribution is 2.35. The summed E-state index contributed by atoms with van der Waals surface area (Å²) < 4.78 is 23.6. The Morgan fingerprint density at radius 2 is 1.50 bits per heavy atom. The zero-order chi connectivity index (χ0) is 26.3. The minimum atomic E-state index is -3.67. The van der Waals surface area contributed by atoms with Gasteiger partial charge in [0.25, 0.3) is 10.2 Å². The molecule has 194 valence electrons. The highest BCUT2D eigenvalue weighted by atomic mass is 32.2. The number of aromatic hydroxyl groups is 1. The van der Waals surface area contributed by atoms with Gasteiger partial charge in [-0.15, -0.1) is 0 Å². The zero-order valence-corrected chi connectivity index (χ0v) is 21.9. The van der Waals surface area contributed by atoms with Crippen molar-refractivity contribution in [2.45, 2.75) is 24.9 Å². The molecule has 0 amide bonds. The van der Waals surface area contributed by atoms with Crippen molar-refractivity contribution < 1.29 is 18.3 Å². The molecule has 1 unspecified atom stereocenters. The summed E-state index contributed by atoms with van der Waals surface area (Å²) >= 11 is 0. The molecule has 1 aliphatic heterocycles. The summed E-state index contributed by atoms with van der Waals surface area (Å²) in [7, 11) is 0.122. The highest BCUT2D eigenvalue weighted by Gasteiger charge is 2.38. The molecular formula is C27H36N4O4S. The molecule has 0 aliphatic carbocycles. The number of nitrogens with zero attached hydrogens (tertiary/aromatic N) is 2. The molecule has 0 saturated carbocycles. The number of likely N-dealkylation sites (N-methyl/N-ethyl adjacent to an activating group) is 1. The van der Waals surface area contributed by atoms with Crippen molar-refractivity contribution in [3.63, 3.8) is 0 Å². The van der Waals surface area contributed by atoms with Gasteiger partial charge in [-0.2, -0.15) is 8.42 Å². The zero-order valence-electron chi connectivity index (χ0n) is 21.0. The maximum atomic E-state index is 10.3. The molecule has 36 heavy (non-hydrogen) atoms. The van der Waals surface area contributed by atoms with Crippen LogP contribution in [0, 0.1) is 0 Å². The molecule has 3 aromatic carbocycles. The van der Waals surface area contributed by atoms with Crippen molar-refractivity contribution in [3.05, 3.63) is 95.6 Å². The molecule has 8 nitrogen and oxygen atoms in total. The Labute approximate surface area is 214 Å². The molecule has 5 N–H and O–H groups in total. The number of nitrogens with two attached hydrogens (primary N) is 2.